The van der Waals surface area contributed by atoms with Crippen LogP contribution >= 0.6 is 0 Å². The van der Waals surface area contributed by atoms with E-state index in [-0.39, 0.29) is 31.9 Å². The molecule has 2 atom stereocenters. The van der Waals surface area contributed by atoms with Crippen LogP contribution in [-0.4, -0.2) is 39.8 Å². The van der Waals surface area contributed by atoms with Gasteiger partial charge in [-0.3, -0.25) is 4.79 Å². The topological polar surface area (TPSA) is 66.3 Å². The van der Waals surface area contributed by atoms with Gasteiger partial charge >= 0.3 is 12.1 Å². The lowest BCUT2D eigenvalue weighted by Crippen LogP contribution is -2.45. The molecule has 1 aliphatic carbocycles. The van der Waals surface area contributed by atoms with E-state index in [0.29, 0.717) is 6.42 Å². The number of hydrogen-bond donors (Lipinski definition) is 1. The number of aliphatic carboxylic acids is 1. The lowest BCUT2D eigenvalue weighted by Gasteiger charge is -2.27. The third-order valence-electron chi connectivity index (χ3n) is 4.56. The Morgan fingerprint density at radius 1 is 1.32 bits per heavy atom. The van der Waals surface area contributed by atoms with Crippen LogP contribution in [0.25, 0.3) is 0 Å². The summed E-state index contributed by atoms with van der Waals surface area (Å²) in [5.41, 5.74) is -4.69. The monoisotopic (exact) mass is 319 g/mol. The van der Waals surface area contributed by atoms with E-state index in [2.05, 4.69) is 9.97 Å². The van der Waals surface area contributed by atoms with Gasteiger partial charge in [-0.2, -0.15) is 13.2 Å². The third-order valence-corrected chi connectivity index (χ3v) is 4.56. The van der Waals surface area contributed by atoms with Crippen LogP contribution < -0.4 is 4.90 Å². The smallest absolute Gasteiger partial charge is 0.433 e. The highest BCUT2D eigenvalue weighted by molar-refractivity contribution is 5.79. The number of carboxylic acid groups (broad SMARTS) is 1. The maximum absolute atomic E-state index is 15.0. The summed E-state index contributed by atoms with van der Waals surface area (Å²) in [6.45, 7) is -0.527. The predicted molar refractivity (Wildman–Crippen MR) is 67.0 cm³/mol. The summed E-state index contributed by atoms with van der Waals surface area (Å²) in [5, 5.41) is 9.40. The van der Waals surface area contributed by atoms with Gasteiger partial charge in [0.1, 0.15) is 16.8 Å². The number of alkyl halides is 4. The molecule has 3 rings (SSSR count). The van der Waals surface area contributed by atoms with Gasteiger partial charge in [0, 0.05) is 12.7 Å². The second-order valence-corrected chi connectivity index (χ2v) is 5.80. The Morgan fingerprint density at radius 2 is 2.05 bits per heavy atom. The highest BCUT2D eigenvalue weighted by Crippen LogP contribution is 2.54. The van der Waals surface area contributed by atoms with Crippen LogP contribution in [0.3, 0.4) is 0 Å². The maximum atomic E-state index is 15.0. The molecule has 1 N–H and O–H groups in total. The highest BCUT2D eigenvalue weighted by Gasteiger charge is 2.66. The molecule has 0 bridgehead atoms. The molecule has 2 fully saturated rings. The van der Waals surface area contributed by atoms with Crippen molar-refractivity contribution in [1.82, 2.24) is 9.97 Å². The zero-order valence-corrected chi connectivity index (χ0v) is 11.4. The zero-order valence-electron chi connectivity index (χ0n) is 11.4. The van der Waals surface area contributed by atoms with Crippen LogP contribution in [-0.2, 0) is 11.0 Å². The molecule has 2 aliphatic rings. The average Bonchev–Trinajstić information content (AvgIpc) is 2.89. The summed E-state index contributed by atoms with van der Waals surface area (Å²) in [6, 6.07) is 0.721. The molecule has 0 amide bonds. The van der Waals surface area contributed by atoms with E-state index in [9.17, 15) is 27.5 Å². The minimum absolute atomic E-state index is 0.0781. The number of halogens is 4. The number of carbonyl (C=O) groups is 1. The van der Waals surface area contributed by atoms with E-state index >= 15 is 0 Å². The van der Waals surface area contributed by atoms with E-state index in [1.165, 1.54) is 4.90 Å². The largest absolute Gasteiger partial charge is 0.481 e. The third kappa shape index (κ3) is 2.02. The summed E-state index contributed by atoms with van der Waals surface area (Å²) in [5.74, 6) is -1.55. The van der Waals surface area contributed by atoms with E-state index in [4.69, 9.17) is 0 Å². The normalized spacial score (nSPS) is 31.4. The van der Waals surface area contributed by atoms with Crippen molar-refractivity contribution in [2.75, 3.05) is 18.0 Å². The molecule has 5 nitrogen and oxygen atoms in total. The number of nitrogens with zero attached hydrogens (tertiary/aromatic N) is 3. The Hall–Kier alpha value is -1.93. The number of carboxylic acids is 1. The van der Waals surface area contributed by atoms with Crippen LogP contribution in [0.15, 0.2) is 12.3 Å². The predicted octanol–water partition coefficient (Wildman–Crippen LogP) is 2.28. The number of hydrogen-bond acceptors (Lipinski definition) is 4. The van der Waals surface area contributed by atoms with Crippen LogP contribution in [0.5, 0.6) is 0 Å². The van der Waals surface area contributed by atoms with Gasteiger partial charge in [0.05, 0.1) is 6.54 Å². The SMILES string of the molecule is O=C(O)[C@]12CCC[C@@]1(F)CN(c1nccc(C(F)(F)F)n1)C2. The molecule has 2 heterocycles. The number of aromatic nitrogens is 2. The summed E-state index contributed by atoms with van der Waals surface area (Å²) in [4.78, 5) is 19.9. The van der Waals surface area contributed by atoms with Gasteiger partial charge in [-0.25, -0.2) is 14.4 Å². The van der Waals surface area contributed by atoms with Crippen molar-refractivity contribution in [2.24, 2.45) is 5.41 Å². The molecular formula is C13H13F4N3O2. The van der Waals surface area contributed by atoms with Gasteiger partial charge in [-0.1, -0.05) is 0 Å². The fourth-order valence-electron chi connectivity index (χ4n) is 3.44. The van der Waals surface area contributed by atoms with Crippen molar-refractivity contribution in [3.63, 3.8) is 0 Å². The summed E-state index contributed by atoms with van der Waals surface area (Å²) < 4.78 is 53.0. The quantitative estimate of drug-likeness (QED) is 0.847. The number of anilines is 1. The van der Waals surface area contributed by atoms with Crippen LogP contribution in [0.1, 0.15) is 25.0 Å². The van der Waals surface area contributed by atoms with Crippen LogP contribution in [0.2, 0.25) is 0 Å². The molecule has 9 heteroatoms. The first-order valence-electron chi connectivity index (χ1n) is 6.75. The fraction of sp³-hybridized carbons (Fsp3) is 0.615. The highest BCUT2D eigenvalue weighted by atomic mass is 19.4. The second-order valence-electron chi connectivity index (χ2n) is 5.80. The maximum Gasteiger partial charge on any atom is 0.433 e. The lowest BCUT2D eigenvalue weighted by molar-refractivity contribution is -0.153. The van der Waals surface area contributed by atoms with Crippen LogP contribution in [0.4, 0.5) is 23.5 Å². The molecule has 1 aromatic heterocycles. The molecule has 0 aromatic carbocycles. The molecule has 1 saturated carbocycles. The Bertz CT molecular complexity index is 624. The van der Waals surface area contributed by atoms with Gasteiger partial charge in [0.25, 0.3) is 0 Å². The lowest BCUT2D eigenvalue weighted by atomic mass is 9.78. The fourth-order valence-corrected chi connectivity index (χ4v) is 3.44. The molecule has 1 saturated heterocycles. The molecular weight excluding hydrogens is 306 g/mol. The number of fused-ring (bicyclic) bond motifs is 1. The Balaban J connectivity index is 1.94. The second kappa shape index (κ2) is 4.53. The minimum Gasteiger partial charge on any atom is -0.481 e. The summed E-state index contributed by atoms with van der Waals surface area (Å²) in [7, 11) is 0. The average molecular weight is 319 g/mol. The van der Waals surface area contributed by atoms with E-state index in [0.717, 1.165) is 12.3 Å². The van der Waals surface area contributed by atoms with Gasteiger partial charge in [-0.05, 0) is 25.3 Å². The first-order valence-corrected chi connectivity index (χ1v) is 6.75. The van der Waals surface area contributed by atoms with Crippen molar-refractivity contribution < 1.29 is 27.5 Å². The van der Waals surface area contributed by atoms with Crippen molar-refractivity contribution in [3.8, 4) is 0 Å². The van der Waals surface area contributed by atoms with Crippen molar-refractivity contribution in [1.29, 1.82) is 0 Å². The van der Waals surface area contributed by atoms with Gasteiger partial charge in [-0.15, -0.1) is 0 Å². The van der Waals surface area contributed by atoms with E-state index in [1.807, 2.05) is 0 Å². The standard InChI is InChI=1S/C13H13F4N3O2/c14-12-4-1-3-11(12,9(21)22)6-20(7-12)10-18-5-2-8(19-10)13(15,16)17/h2,5H,1,3-4,6-7H2,(H,21,22)/t11-,12-/m1/s1. The zero-order chi connectivity index (χ0) is 16.2. The first kappa shape index (κ1) is 15.0. The molecule has 0 radical (unpaired) electrons. The molecule has 0 unspecified atom stereocenters. The van der Waals surface area contributed by atoms with E-state index < -0.39 is 28.9 Å². The molecule has 1 aromatic rings. The van der Waals surface area contributed by atoms with Crippen molar-refractivity contribution in [3.05, 3.63) is 18.0 Å². The molecule has 22 heavy (non-hydrogen) atoms. The van der Waals surface area contributed by atoms with Crippen molar-refractivity contribution in [2.45, 2.75) is 31.1 Å². The summed E-state index contributed by atoms with van der Waals surface area (Å²) in [6.07, 6.45) is -3.01. The van der Waals surface area contributed by atoms with Gasteiger partial charge in [0.15, 0.2) is 0 Å². The van der Waals surface area contributed by atoms with Crippen molar-refractivity contribution >= 4 is 11.9 Å². The number of rotatable bonds is 2. The molecule has 120 valence electrons. The minimum atomic E-state index is -4.63. The first-order chi connectivity index (χ1) is 10.2. The Labute approximate surface area is 123 Å². The van der Waals surface area contributed by atoms with Gasteiger partial charge in [0.2, 0.25) is 5.95 Å². The molecule has 0 spiro atoms. The summed E-state index contributed by atoms with van der Waals surface area (Å²) >= 11 is 0. The van der Waals surface area contributed by atoms with E-state index in [1.54, 1.807) is 0 Å². The molecule has 1 aliphatic heterocycles. The Morgan fingerprint density at radius 3 is 2.64 bits per heavy atom. The van der Waals surface area contributed by atoms with Gasteiger partial charge < -0.3 is 10.0 Å². The Kier molecular flexibility index (Phi) is 3.09. The van der Waals surface area contributed by atoms with Crippen LogP contribution in [0, 0.1) is 5.41 Å².